The van der Waals surface area contributed by atoms with E-state index in [9.17, 15) is 29.4 Å². The van der Waals surface area contributed by atoms with Crippen LogP contribution in [0.4, 0.5) is 19.2 Å². The van der Waals surface area contributed by atoms with E-state index in [1.54, 1.807) is 0 Å². The highest BCUT2D eigenvalue weighted by Crippen LogP contribution is 2.59. The molecule has 12 heteroatoms. The Morgan fingerprint density at radius 3 is 1.24 bits per heavy atom. The Morgan fingerprint density at radius 2 is 0.941 bits per heavy atom. The first-order chi connectivity index (χ1) is 16.0. The second-order valence-corrected chi connectivity index (χ2v) is 8.10. The minimum atomic E-state index is -1.76. The molecule has 0 aromatic carbocycles. The van der Waals surface area contributed by atoms with Crippen LogP contribution < -0.4 is 0 Å². The number of hydrogen-bond acceptors (Lipinski definition) is 8. The maximum atomic E-state index is 11.8. The molecule has 3 aliphatic carbocycles. The number of ether oxygens (including phenoxy) is 4. The van der Waals surface area contributed by atoms with Crippen molar-refractivity contribution in [2.75, 3.05) is 0 Å². The Hall–Kier alpha value is -3.96. The zero-order valence-electron chi connectivity index (χ0n) is 17.9. The van der Waals surface area contributed by atoms with Crippen molar-refractivity contribution in [3.05, 3.63) is 48.6 Å². The number of carboxylic acid groups (broad SMARTS) is 4. The standard InChI is InChI=1S/C22H24O12/c23-16(24)31-14-4-10-21(11-5-14,33-18(27)28)20(8-2-1-3-9-20)22(34-19(29)30)12-6-15(7-13-22)32-17(25)26/h4-7,10-15H,1-3,8-9H2,(H,23,24)(H,25,26)(H,27,28)(H,29,30). The molecule has 0 atom stereocenters. The highest BCUT2D eigenvalue weighted by molar-refractivity contribution is 5.63. The fourth-order valence-corrected chi connectivity index (χ4v) is 5.08. The molecule has 0 amide bonds. The molecule has 0 spiro atoms. The third-order valence-electron chi connectivity index (χ3n) is 6.32. The molecule has 0 radical (unpaired) electrons. The zero-order chi connectivity index (χ0) is 25.0. The van der Waals surface area contributed by atoms with Crippen LogP contribution in [-0.2, 0) is 18.9 Å². The lowest BCUT2D eigenvalue weighted by molar-refractivity contribution is -0.147. The van der Waals surface area contributed by atoms with E-state index in [1.165, 1.54) is 48.6 Å². The summed E-state index contributed by atoms with van der Waals surface area (Å²) in [5.74, 6) is 0. The van der Waals surface area contributed by atoms with Gasteiger partial charge < -0.3 is 39.4 Å². The average molecular weight is 480 g/mol. The van der Waals surface area contributed by atoms with E-state index in [0.717, 1.165) is 6.42 Å². The van der Waals surface area contributed by atoms with E-state index in [2.05, 4.69) is 0 Å². The second-order valence-electron chi connectivity index (χ2n) is 8.10. The van der Waals surface area contributed by atoms with Crippen LogP contribution in [0, 0.1) is 5.41 Å². The summed E-state index contributed by atoms with van der Waals surface area (Å²) < 4.78 is 20.2. The third-order valence-corrected chi connectivity index (χ3v) is 6.32. The molecule has 0 aliphatic heterocycles. The Kier molecular flexibility index (Phi) is 6.89. The number of carbonyl (C=O) groups is 4. The predicted molar refractivity (Wildman–Crippen MR) is 112 cm³/mol. The van der Waals surface area contributed by atoms with Crippen molar-refractivity contribution in [3.8, 4) is 0 Å². The largest absolute Gasteiger partial charge is 0.506 e. The monoisotopic (exact) mass is 480 g/mol. The van der Waals surface area contributed by atoms with Gasteiger partial charge in [0.25, 0.3) is 0 Å². The van der Waals surface area contributed by atoms with Gasteiger partial charge in [-0.3, -0.25) is 0 Å². The molecule has 3 aliphatic rings. The van der Waals surface area contributed by atoms with Gasteiger partial charge in [-0.15, -0.1) is 0 Å². The molecular formula is C22H24O12. The van der Waals surface area contributed by atoms with Gasteiger partial charge in [0.2, 0.25) is 0 Å². The fraction of sp³-hybridized carbons (Fsp3) is 0.455. The quantitative estimate of drug-likeness (QED) is 0.242. The van der Waals surface area contributed by atoms with Gasteiger partial charge in [0, 0.05) is 0 Å². The molecule has 0 unspecified atom stereocenters. The summed E-state index contributed by atoms with van der Waals surface area (Å²) in [6.45, 7) is 0. The molecule has 0 saturated heterocycles. The molecule has 4 N–H and O–H groups in total. The summed E-state index contributed by atoms with van der Waals surface area (Å²) in [6.07, 6.45) is 4.76. The second kappa shape index (κ2) is 9.49. The first-order valence-corrected chi connectivity index (χ1v) is 10.4. The summed E-state index contributed by atoms with van der Waals surface area (Å²) in [5.41, 5.74) is -4.86. The summed E-state index contributed by atoms with van der Waals surface area (Å²) in [6, 6.07) is 0. The van der Waals surface area contributed by atoms with Crippen LogP contribution in [0.1, 0.15) is 32.1 Å². The van der Waals surface area contributed by atoms with Gasteiger partial charge >= 0.3 is 24.6 Å². The van der Waals surface area contributed by atoms with E-state index in [4.69, 9.17) is 29.2 Å². The fourth-order valence-electron chi connectivity index (χ4n) is 5.08. The molecule has 0 bridgehead atoms. The van der Waals surface area contributed by atoms with Gasteiger partial charge in [-0.25, -0.2) is 19.2 Å². The highest BCUT2D eigenvalue weighted by Gasteiger charge is 2.65. The van der Waals surface area contributed by atoms with E-state index < -0.39 is 53.4 Å². The Bertz CT molecular complexity index is 855. The average Bonchev–Trinajstić information content (AvgIpc) is 2.75. The first kappa shape index (κ1) is 24.7. The molecule has 34 heavy (non-hydrogen) atoms. The van der Waals surface area contributed by atoms with Gasteiger partial charge in [-0.1, -0.05) is 19.3 Å². The molecule has 12 nitrogen and oxygen atoms in total. The Labute approximate surface area is 193 Å². The number of hydrogen-bond donors (Lipinski definition) is 4. The van der Waals surface area contributed by atoms with Crippen LogP contribution in [0.5, 0.6) is 0 Å². The normalized spacial score (nSPS) is 31.3. The van der Waals surface area contributed by atoms with Gasteiger partial charge in [0.15, 0.2) is 11.2 Å². The summed E-state index contributed by atoms with van der Waals surface area (Å²) in [7, 11) is 0. The summed E-state index contributed by atoms with van der Waals surface area (Å²) >= 11 is 0. The van der Waals surface area contributed by atoms with Crippen LogP contribution in [0.3, 0.4) is 0 Å². The summed E-state index contributed by atoms with van der Waals surface area (Å²) in [5, 5.41) is 37.0. The molecule has 1 fully saturated rings. The van der Waals surface area contributed by atoms with Gasteiger partial charge in [-0.05, 0) is 61.4 Å². The van der Waals surface area contributed by atoms with E-state index in [1.807, 2.05) is 0 Å². The maximum Gasteiger partial charge on any atom is 0.506 e. The van der Waals surface area contributed by atoms with Crippen LogP contribution >= 0.6 is 0 Å². The van der Waals surface area contributed by atoms with E-state index in [-0.39, 0.29) is 12.8 Å². The zero-order valence-corrected chi connectivity index (χ0v) is 17.9. The topological polar surface area (TPSA) is 186 Å². The first-order valence-electron chi connectivity index (χ1n) is 10.4. The van der Waals surface area contributed by atoms with Crippen molar-refractivity contribution in [3.63, 3.8) is 0 Å². The molecule has 0 aromatic rings. The molecule has 0 heterocycles. The highest BCUT2D eigenvalue weighted by atomic mass is 16.7. The van der Waals surface area contributed by atoms with Crippen molar-refractivity contribution in [2.24, 2.45) is 5.41 Å². The van der Waals surface area contributed by atoms with Gasteiger partial charge in [0.05, 0.1) is 5.41 Å². The van der Waals surface area contributed by atoms with Crippen LogP contribution in [0.25, 0.3) is 0 Å². The Morgan fingerprint density at radius 1 is 0.588 bits per heavy atom. The maximum absolute atomic E-state index is 11.8. The lowest BCUT2D eigenvalue weighted by Crippen LogP contribution is -2.63. The molecule has 1 saturated carbocycles. The number of rotatable bonds is 6. The predicted octanol–water partition coefficient (Wildman–Crippen LogP) is 4.18. The minimum absolute atomic E-state index is 0.270. The lowest BCUT2D eigenvalue weighted by atomic mass is 9.53. The van der Waals surface area contributed by atoms with E-state index >= 15 is 0 Å². The minimum Gasteiger partial charge on any atom is -0.450 e. The Balaban J connectivity index is 2.15. The van der Waals surface area contributed by atoms with Crippen molar-refractivity contribution in [2.45, 2.75) is 55.5 Å². The summed E-state index contributed by atoms with van der Waals surface area (Å²) in [4.78, 5) is 45.5. The molecule has 184 valence electrons. The molecule has 3 rings (SSSR count). The van der Waals surface area contributed by atoms with Gasteiger partial charge in [0.1, 0.15) is 12.2 Å². The van der Waals surface area contributed by atoms with Crippen molar-refractivity contribution >= 4 is 24.6 Å². The molecular weight excluding hydrogens is 456 g/mol. The van der Waals surface area contributed by atoms with Crippen LogP contribution in [0.2, 0.25) is 0 Å². The van der Waals surface area contributed by atoms with Crippen LogP contribution in [-0.4, -0.2) is 68.5 Å². The van der Waals surface area contributed by atoms with E-state index in [0.29, 0.717) is 12.8 Å². The van der Waals surface area contributed by atoms with Crippen molar-refractivity contribution < 1.29 is 58.6 Å². The van der Waals surface area contributed by atoms with Crippen molar-refractivity contribution in [1.82, 2.24) is 0 Å². The smallest absolute Gasteiger partial charge is 0.450 e. The van der Waals surface area contributed by atoms with Crippen LogP contribution in [0.15, 0.2) is 48.6 Å². The SMILES string of the molecule is O=C(O)OC1C=CC(OC(=O)O)(C2(C3(OC(=O)O)C=CC(OC(=O)O)C=C3)CCCCC2)C=C1. The van der Waals surface area contributed by atoms with Gasteiger partial charge in [-0.2, -0.15) is 0 Å². The third kappa shape index (κ3) is 4.70. The lowest BCUT2D eigenvalue weighted by Gasteiger charge is -2.56. The molecule has 0 aromatic heterocycles. The van der Waals surface area contributed by atoms with Crippen molar-refractivity contribution in [1.29, 1.82) is 0 Å².